The van der Waals surface area contributed by atoms with E-state index < -0.39 is 0 Å². The third-order valence-corrected chi connectivity index (χ3v) is 6.06. The van der Waals surface area contributed by atoms with Crippen LogP contribution in [0.25, 0.3) is 45.1 Å². The van der Waals surface area contributed by atoms with Crippen molar-refractivity contribution in [2.75, 3.05) is 41.3 Å². The van der Waals surface area contributed by atoms with Gasteiger partial charge >= 0.3 is 17.1 Å². The molecule has 0 amide bonds. The molecule has 5 rings (SSSR count). The predicted octanol–water partition coefficient (Wildman–Crippen LogP) is -4.75. The van der Waals surface area contributed by atoms with Gasteiger partial charge in [-0.1, -0.05) is 30.3 Å². The van der Waals surface area contributed by atoms with Crippen molar-refractivity contribution in [1.29, 1.82) is 0 Å². The van der Waals surface area contributed by atoms with Gasteiger partial charge in [0.05, 0.1) is 22.1 Å². The fourth-order valence-corrected chi connectivity index (χ4v) is 4.28. The molecule has 0 saturated carbocycles. The largest absolute Gasteiger partial charge is 3.00 e. The Balaban J connectivity index is 0.00000180. The van der Waals surface area contributed by atoms with Gasteiger partial charge in [-0.05, 0) is 64.6 Å². The molecule has 0 spiro atoms. The summed E-state index contributed by atoms with van der Waals surface area (Å²) in [4.78, 5) is 19.4. The quantitative estimate of drug-likeness (QED) is 0.164. The third-order valence-electron chi connectivity index (χ3n) is 6.06. The molecule has 2 aromatic carbocycles. The number of likely N-dealkylation sites (N-methyl/N-ethyl adjacent to an activating group) is 2. The molecule has 0 saturated heterocycles. The number of pyridine rings is 1. The molecule has 0 aliphatic rings. The summed E-state index contributed by atoms with van der Waals surface area (Å²) < 4.78 is 4.55. The average Bonchev–Trinajstić information content (AvgIpc) is 3.40. The minimum atomic E-state index is 0. The number of aromatic nitrogens is 5. The Morgan fingerprint density at radius 2 is 0.947 bits per heavy atom. The Labute approximate surface area is 253 Å². The van der Waals surface area contributed by atoms with Crippen LogP contribution in [0.15, 0.2) is 66.7 Å². The monoisotopic (exact) mass is 614 g/mol. The number of benzene rings is 2. The van der Waals surface area contributed by atoms with Crippen LogP contribution in [0.1, 0.15) is 0 Å². The Kier molecular flexibility index (Phi) is 13.2. The maximum absolute atomic E-state index is 5.09. The number of rotatable bonds is 8. The van der Waals surface area contributed by atoms with Crippen LogP contribution in [-0.2, 0) is 30.2 Å². The van der Waals surface area contributed by atoms with Crippen LogP contribution in [-0.4, -0.2) is 75.2 Å². The number of halogens is 3. The Morgan fingerprint density at radius 3 is 1.34 bits per heavy atom. The van der Waals surface area contributed by atoms with Crippen LogP contribution >= 0.6 is 0 Å². The number of hydrogen-bond acceptors (Lipinski definition) is 5. The van der Waals surface area contributed by atoms with Gasteiger partial charge < -0.3 is 56.2 Å². The van der Waals surface area contributed by atoms with Crippen molar-refractivity contribution < 1.29 is 54.3 Å². The van der Waals surface area contributed by atoms with Crippen molar-refractivity contribution >= 4 is 22.1 Å². The summed E-state index contributed by atoms with van der Waals surface area (Å²) in [5.41, 5.74) is 5.95. The van der Waals surface area contributed by atoms with Gasteiger partial charge in [-0.2, -0.15) is 0 Å². The Morgan fingerprint density at radius 1 is 0.553 bits per heavy atom. The molecular formula is C27H31Cl3FeN7. The number of nitrogens with zero attached hydrogens (tertiary/aromatic N) is 7. The molecule has 3 aromatic heterocycles. The van der Waals surface area contributed by atoms with Crippen molar-refractivity contribution in [2.24, 2.45) is 0 Å². The van der Waals surface area contributed by atoms with Gasteiger partial charge in [0.1, 0.15) is 11.4 Å². The Bertz CT molecular complexity index is 1340. The third kappa shape index (κ3) is 7.07. The maximum atomic E-state index is 5.09. The van der Waals surface area contributed by atoms with Crippen LogP contribution in [0.4, 0.5) is 0 Å². The molecule has 0 unspecified atom stereocenters. The molecule has 0 N–H and O–H groups in total. The molecule has 7 nitrogen and oxygen atoms in total. The summed E-state index contributed by atoms with van der Waals surface area (Å²) in [7, 11) is 8.37. The van der Waals surface area contributed by atoms with Crippen molar-refractivity contribution in [3.05, 3.63) is 66.7 Å². The normalized spacial score (nSPS) is 10.7. The topological polar surface area (TPSA) is 55.0 Å². The van der Waals surface area contributed by atoms with E-state index >= 15 is 0 Å². The SMILES string of the molecule is CN(C)CCn1c(-c2cccc(-c3nc4ccccc4n3CCN(C)C)n2)nc2ccccc21.[Cl-].[Cl-].[Cl-].[Fe+3]. The van der Waals surface area contributed by atoms with E-state index in [0.29, 0.717) is 0 Å². The molecule has 203 valence electrons. The van der Waals surface area contributed by atoms with E-state index in [1.807, 2.05) is 24.3 Å². The predicted molar refractivity (Wildman–Crippen MR) is 139 cm³/mol. The minimum Gasteiger partial charge on any atom is -1.00 e. The van der Waals surface area contributed by atoms with E-state index in [0.717, 1.165) is 71.3 Å². The summed E-state index contributed by atoms with van der Waals surface area (Å²) in [6, 6.07) is 22.7. The number of para-hydroxylation sites is 4. The van der Waals surface area contributed by atoms with Crippen LogP contribution in [0, 0.1) is 0 Å². The van der Waals surface area contributed by atoms with Crippen LogP contribution in [0.3, 0.4) is 0 Å². The van der Waals surface area contributed by atoms with Crippen LogP contribution in [0.2, 0.25) is 0 Å². The minimum absolute atomic E-state index is 0. The van der Waals surface area contributed by atoms with E-state index in [1.165, 1.54) is 0 Å². The van der Waals surface area contributed by atoms with E-state index in [9.17, 15) is 0 Å². The summed E-state index contributed by atoms with van der Waals surface area (Å²) >= 11 is 0. The molecule has 0 atom stereocenters. The molecule has 0 fully saturated rings. The molecule has 3 heterocycles. The second-order valence-corrected chi connectivity index (χ2v) is 9.17. The van der Waals surface area contributed by atoms with Gasteiger partial charge in [-0.3, -0.25) is 0 Å². The average molecular weight is 616 g/mol. The van der Waals surface area contributed by atoms with Crippen molar-refractivity contribution in [3.63, 3.8) is 0 Å². The van der Waals surface area contributed by atoms with E-state index in [1.54, 1.807) is 0 Å². The first-order chi connectivity index (χ1) is 16.5. The number of fused-ring (bicyclic) bond motifs is 2. The zero-order valence-corrected chi connectivity index (χ0v) is 25.2. The van der Waals surface area contributed by atoms with Gasteiger partial charge in [0.15, 0.2) is 11.6 Å². The maximum Gasteiger partial charge on any atom is 3.00 e. The summed E-state index contributed by atoms with van der Waals surface area (Å²) in [6.45, 7) is 3.53. The summed E-state index contributed by atoms with van der Waals surface area (Å²) in [5, 5.41) is 0. The van der Waals surface area contributed by atoms with E-state index in [4.69, 9.17) is 15.0 Å². The second-order valence-electron chi connectivity index (χ2n) is 9.17. The second kappa shape index (κ2) is 14.8. The summed E-state index contributed by atoms with van der Waals surface area (Å²) in [6.07, 6.45) is 0. The van der Waals surface area contributed by atoms with Gasteiger partial charge in [0.2, 0.25) is 0 Å². The molecule has 0 aliphatic heterocycles. The molecule has 0 bridgehead atoms. The molecule has 1 radical (unpaired) electrons. The van der Waals surface area contributed by atoms with Crippen LogP contribution in [0.5, 0.6) is 0 Å². The fourth-order valence-electron chi connectivity index (χ4n) is 4.28. The standard InChI is InChI=1S/C27H31N7.3ClH.Fe/c1-31(2)16-18-33-24-14-7-5-10-20(24)29-26(33)22-12-9-13-23(28-22)27-30-21-11-6-8-15-25(21)34(27)19-17-32(3)4;;;;/h5-15H,16-19H2,1-4H3;3*1H;/q;;;;+3/p-3. The van der Waals surface area contributed by atoms with Gasteiger partial charge in [0.25, 0.3) is 0 Å². The van der Waals surface area contributed by atoms with E-state index in [2.05, 4.69) is 89.6 Å². The van der Waals surface area contributed by atoms with Gasteiger partial charge in [0, 0.05) is 26.2 Å². The van der Waals surface area contributed by atoms with Crippen molar-refractivity contribution in [3.8, 4) is 23.0 Å². The molecular weight excluding hydrogens is 585 g/mol. The van der Waals surface area contributed by atoms with Crippen molar-refractivity contribution in [2.45, 2.75) is 13.1 Å². The molecule has 5 aromatic rings. The first-order valence-electron chi connectivity index (χ1n) is 11.7. The zero-order chi connectivity index (χ0) is 23.7. The molecule has 11 heteroatoms. The van der Waals surface area contributed by atoms with Crippen LogP contribution < -0.4 is 37.2 Å². The molecule has 38 heavy (non-hydrogen) atoms. The van der Waals surface area contributed by atoms with E-state index in [-0.39, 0.29) is 54.3 Å². The number of imidazole rings is 2. The molecule has 0 aliphatic carbocycles. The fraction of sp³-hybridized carbons (Fsp3) is 0.296. The number of hydrogen-bond donors (Lipinski definition) is 0. The van der Waals surface area contributed by atoms with Gasteiger partial charge in [-0.25, -0.2) is 15.0 Å². The summed E-state index contributed by atoms with van der Waals surface area (Å²) in [5.74, 6) is 1.78. The smallest absolute Gasteiger partial charge is 1.00 e. The first-order valence-corrected chi connectivity index (χ1v) is 11.7. The van der Waals surface area contributed by atoms with Gasteiger partial charge in [-0.15, -0.1) is 0 Å². The first kappa shape index (κ1) is 33.9. The van der Waals surface area contributed by atoms with Crippen molar-refractivity contribution in [1.82, 2.24) is 33.9 Å². The Hall–Kier alpha value is -2.16. The zero-order valence-electron chi connectivity index (χ0n) is 21.8.